The quantitative estimate of drug-likeness (QED) is 0.600. The lowest BCUT2D eigenvalue weighted by molar-refractivity contribution is 0.0952. The number of hydrogen-bond donors (Lipinski definition) is 3. The molecule has 2 aromatic rings. The molecule has 0 aliphatic carbocycles. The Morgan fingerprint density at radius 2 is 1.90 bits per heavy atom. The zero-order valence-electron chi connectivity index (χ0n) is 10.2. The molecule has 3 N–H and O–H groups in total. The maximum absolute atomic E-state index is 11.7. The summed E-state index contributed by atoms with van der Waals surface area (Å²) in [6.07, 6.45) is 1.26. The van der Waals surface area contributed by atoms with Crippen molar-refractivity contribution in [2.45, 2.75) is 0 Å². The summed E-state index contributed by atoms with van der Waals surface area (Å²) in [6, 6.07) is 10.9. The van der Waals surface area contributed by atoms with Crippen molar-refractivity contribution in [3.8, 4) is 11.5 Å². The van der Waals surface area contributed by atoms with Crippen LogP contribution in [-0.4, -0.2) is 22.3 Å². The van der Waals surface area contributed by atoms with Gasteiger partial charge in [0.2, 0.25) is 0 Å². The lowest BCUT2D eigenvalue weighted by Gasteiger charge is -2.03. The zero-order chi connectivity index (χ0) is 14.5. The first-order valence-corrected chi connectivity index (χ1v) is 6.06. The van der Waals surface area contributed by atoms with E-state index in [2.05, 4.69) is 10.5 Å². The summed E-state index contributed by atoms with van der Waals surface area (Å²) in [5.74, 6) is -0.804. The highest BCUT2D eigenvalue weighted by Crippen LogP contribution is 2.25. The monoisotopic (exact) mass is 290 g/mol. The SMILES string of the molecule is O=C(N/N=C/c1cccc(Cl)c1O)c1ccccc1O. The van der Waals surface area contributed by atoms with E-state index in [0.29, 0.717) is 5.56 Å². The minimum Gasteiger partial charge on any atom is -0.507 e. The summed E-state index contributed by atoms with van der Waals surface area (Å²) in [6.45, 7) is 0. The Balaban J connectivity index is 2.09. The third-order valence-electron chi connectivity index (χ3n) is 2.54. The molecule has 0 radical (unpaired) electrons. The van der Waals surface area contributed by atoms with Gasteiger partial charge in [-0.25, -0.2) is 5.43 Å². The molecule has 0 bridgehead atoms. The summed E-state index contributed by atoms with van der Waals surface area (Å²) in [5, 5.41) is 23.1. The number of carbonyl (C=O) groups is 1. The minimum atomic E-state index is -0.555. The van der Waals surface area contributed by atoms with Crippen LogP contribution >= 0.6 is 11.6 Å². The van der Waals surface area contributed by atoms with Crippen molar-refractivity contribution >= 4 is 23.7 Å². The predicted molar refractivity (Wildman–Crippen MR) is 76.3 cm³/mol. The lowest BCUT2D eigenvalue weighted by atomic mass is 10.2. The van der Waals surface area contributed by atoms with Crippen LogP contribution in [0, 0.1) is 0 Å². The van der Waals surface area contributed by atoms with Crippen molar-refractivity contribution in [1.82, 2.24) is 5.43 Å². The van der Waals surface area contributed by atoms with Crippen LogP contribution in [0.15, 0.2) is 47.6 Å². The number of nitrogens with zero attached hydrogens (tertiary/aromatic N) is 1. The molecule has 2 aromatic carbocycles. The first-order valence-electron chi connectivity index (χ1n) is 5.68. The number of phenolic OH excluding ortho intramolecular Hbond substituents is 2. The van der Waals surface area contributed by atoms with Gasteiger partial charge in [-0.3, -0.25) is 4.79 Å². The molecule has 0 aliphatic rings. The van der Waals surface area contributed by atoms with Gasteiger partial charge in [-0.15, -0.1) is 0 Å². The Hall–Kier alpha value is -2.53. The molecule has 6 heteroatoms. The van der Waals surface area contributed by atoms with Gasteiger partial charge >= 0.3 is 0 Å². The van der Waals surface area contributed by atoms with Crippen molar-refractivity contribution in [3.05, 3.63) is 58.6 Å². The second-order valence-electron chi connectivity index (χ2n) is 3.89. The molecule has 0 saturated heterocycles. The number of nitrogens with one attached hydrogen (secondary N) is 1. The maximum Gasteiger partial charge on any atom is 0.275 e. The van der Waals surface area contributed by atoms with Crippen LogP contribution in [0.25, 0.3) is 0 Å². The fourth-order valence-electron chi connectivity index (χ4n) is 1.52. The zero-order valence-corrected chi connectivity index (χ0v) is 11.0. The molecule has 0 atom stereocenters. The van der Waals surface area contributed by atoms with Gasteiger partial charge < -0.3 is 10.2 Å². The summed E-state index contributed by atoms with van der Waals surface area (Å²) in [7, 11) is 0. The van der Waals surface area contributed by atoms with Crippen LogP contribution < -0.4 is 5.43 Å². The van der Waals surface area contributed by atoms with Gasteiger partial charge in [0.1, 0.15) is 11.5 Å². The van der Waals surface area contributed by atoms with Crippen LogP contribution in [0.3, 0.4) is 0 Å². The number of para-hydroxylation sites is 2. The van der Waals surface area contributed by atoms with Crippen LogP contribution in [0.1, 0.15) is 15.9 Å². The van der Waals surface area contributed by atoms with E-state index in [1.165, 1.54) is 24.4 Å². The third-order valence-corrected chi connectivity index (χ3v) is 2.84. The lowest BCUT2D eigenvalue weighted by Crippen LogP contribution is -2.17. The molecule has 0 fully saturated rings. The van der Waals surface area contributed by atoms with E-state index in [1.807, 2.05) is 0 Å². The number of hydrogen-bond acceptors (Lipinski definition) is 4. The Bertz CT molecular complexity index is 671. The normalized spacial score (nSPS) is 10.7. The van der Waals surface area contributed by atoms with E-state index in [0.717, 1.165) is 0 Å². The molecule has 1 amide bonds. The number of carbonyl (C=O) groups excluding carboxylic acids is 1. The highest BCUT2D eigenvalue weighted by molar-refractivity contribution is 6.32. The van der Waals surface area contributed by atoms with Gasteiger partial charge in [-0.1, -0.05) is 29.8 Å². The van der Waals surface area contributed by atoms with Crippen LogP contribution in [0.2, 0.25) is 5.02 Å². The van der Waals surface area contributed by atoms with Crippen LogP contribution in [-0.2, 0) is 0 Å². The van der Waals surface area contributed by atoms with E-state index in [9.17, 15) is 15.0 Å². The highest BCUT2D eigenvalue weighted by atomic mass is 35.5. The molecule has 5 nitrogen and oxygen atoms in total. The van der Waals surface area contributed by atoms with Crippen molar-refractivity contribution in [1.29, 1.82) is 0 Å². The molecule has 0 unspecified atom stereocenters. The number of halogens is 1. The summed E-state index contributed by atoms with van der Waals surface area (Å²) >= 11 is 5.74. The molecule has 0 aliphatic heterocycles. The second kappa shape index (κ2) is 6.08. The van der Waals surface area contributed by atoms with Crippen molar-refractivity contribution in [2.24, 2.45) is 5.10 Å². The largest absolute Gasteiger partial charge is 0.507 e. The molecule has 102 valence electrons. The van der Waals surface area contributed by atoms with Crippen LogP contribution in [0.5, 0.6) is 11.5 Å². The van der Waals surface area contributed by atoms with Crippen LogP contribution in [0.4, 0.5) is 0 Å². The summed E-state index contributed by atoms with van der Waals surface area (Å²) in [5.41, 5.74) is 2.73. The van der Waals surface area contributed by atoms with Crippen molar-refractivity contribution in [2.75, 3.05) is 0 Å². The van der Waals surface area contributed by atoms with E-state index < -0.39 is 5.91 Å². The Kier molecular flexibility index (Phi) is 4.22. The molecular weight excluding hydrogens is 280 g/mol. The first-order chi connectivity index (χ1) is 9.59. The highest BCUT2D eigenvalue weighted by Gasteiger charge is 2.08. The molecule has 0 saturated carbocycles. The molecule has 0 aromatic heterocycles. The average Bonchev–Trinajstić information content (AvgIpc) is 2.44. The van der Waals surface area contributed by atoms with E-state index in [4.69, 9.17) is 11.6 Å². The average molecular weight is 291 g/mol. The van der Waals surface area contributed by atoms with Crippen molar-refractivity contribution < 1.29 is 15.0 Å². The maximum atomic E-state index is 11.7. The number of phenols is 2. The first kappa shape index (κ1) is 13.9. The standard InChI is InChI=1S/C14H11ClN2O3/c15-11-6-3-4-9(13(11)19)8-16-17-14(20)10-5-1-2-7-12(10)18/h1-8,18-19H,(H,17,20)/b16-8+. The Morgan fingerprint density at radius 3 is 2.65 bits per heavy atom. The number of benzene rings is 2. The summed E-state index contributed by atoms with van der Waals surface area (Å²) < 4.78 is 0. The molecule has 0 heterocycles. The predicted octanol–water partition coefficient (Wildman–Crippen LogP) is 2.52. The van der Waals surface area contributed by atoms with Crippen molar-refractivity contribution in [3.63, 3.8) is 0 Å². The summed E-state index contributed by atoms with van der Waals surface area (Å²) in [4.78, 5) is 11.7. The minimum absolute atomic E-state index is 0.111. The van der Waals surface area contributed by atoms with E-state index >= 15 is 0 Å². The fraction of sp³-hybridized carbons (Fsp3) is 0. The van der Waals surface area contributed by atoms with Gasteiger partial charge in [0.05, 0.1) is 16.8 Å². The van der Waals surface area contributed by atoms with Gasteiger partial charge in [0.25, 0.3) is 5.91 Å². The second-order valence-corrected chi connectivity index (χ2v) is 4.30. The van der Waals surface area contributed by atoms with Gasteiger partial charge in [-0.2, -0.15) is 5.10 Å². The number of amides is 1. The van der Waals surface area contributed by atoms with E-state index in [1.54, 1.807) is 24.3 Å². The number of hydrazone groups is 1. The van der Waals surface area contributed by atoms with Gasteiger partial charge in [0.15, 0.2) is 0 Å². The topological polar surface area (TPSA) is 81.9 Å². The molecule has 20 heavy (non-hydrogen) atoms. The Morgan fingerprint density at radius 1 is 1.15 bits per heavy atom. The molecular formula is C14H11ClN2O3. The number of rotatable bonds is 3. The number of aromatic hydroxyl groups is 2. The molecule has 0 spiro atoms. The Labute approximate surface area is 120 Å². The van der Waals surface area contributed by atoms with E-state index in [-0.39, 0.29) is 22.1 Å². The smallest absolute Gasteiger partial charge is 0.275 e. The fourth-order valence-corrected chi connectivity index (χ4v) is 1.70. The third kappa shape index (κ3) is 3.07. The van der Waals surface area contributed by atoms with Gasteiger partial charge in [0, 0.05) is 5.56 Å². The molecule has 2 rings (SSSR count). The van der Waals surface area contributed by atoms with Gasteiger partial charge in [-0.05, 0) is 24.3 Å².